The van der Waals surface area contributed by atoms with Crippen molar-refractivity contribution in [3.63, 3.8) is 0 Å². The van der Waals surface area contributed by atoms with E-state index in [1.807, 2.05) is 60.0 Å². The van der Waals surface area contributed by atoms with Crippen LogP contribution in [0.15, 0.2) is 77.3 Å². The predicted octanol–water partition coefficient (Wildman–Crippen LogP) is 8.27. The van der Waals surface area contributed by atoms with Crippen molar-refractivity contribution in [2.24, 2.45) is 0 Å². The lowest BCUT2D eigenvalue weighted by atomic mass is 9.98. The second-order valence-corrected chi connectivity index (χ2v) is 10.9. The minimum absolute atomic E-state index is 0.116. The van der Waals surface area contributed by atoms with E-state index in [0.717, 1.165) is 81.0 Å². The van der Waals surface area contributed by atoms with Gasteiger partial charge in [-0.25, -0.2) is 4.52 Å². The molecule has 0 saturated heterocycles. The van der Waals surface area contributed by atoms with Gasteiger partial charge in [-0.2, -0.15) is 8.78 Å². The molecule has 0 atom stereocenters. The molecule has 39 heavy (non-hydrogen) atoms. The van der Waals surface area contributed by atoms with Crippen LogP contribution in [0.4, 0.5) is 14.5 Å². The lowest BCUT2D eigenvalue weighted by Gasteiger charge is -2.13. The van der Waals surface area contributed by atoms with E-state index in [1.165, 1.54) is 0 Å². The van der Waals surface area contributed by atoms with Crippen molar-refractivity contribution < 1.29 is 13.5 Å². The molecule has 0 fully saturated rings. The minimum atomic E-state index is -2.87. The monoisotopic (exact) mass is 606 g/mol. The molecule has 0 unspecified atom stereocenters. The molecule has 2 aromatic heterocycles. The number of aryl methyl sites for hydroxylation is 3. The Hall–Kier alpha value is -3.56. The maximum Gasteiger partial charge on any atom is 0.387 e. The highest BCUT2D eigenvalue weighted by Gasteiger charge is 2.29. The topological polar surface area (TPSA) is 43.5 Å². The highest BCUT2D eigenvalue weighted by Crippen LogP contribution is 2.39. The molecule has 6 rings (SSSR count). The summed E-state index contributed by atoms with van der Waals surface area (Å²) in [6.07, 6.45) is 2.89. The van der Waals surface area contributed by atoms with E-state index in [1.54, 1.807) is 12.1 Å². The summed E-state index contributed by atoms with van der Waals surface area (Å²) in [4.78, 5) is 0.539. The third kappa shape index (κ3) is 4.96. The third-order valence-electron chi connectivity index (χ3n) is 6.95. The van der Waals surface area contributed by atoms with Gasteiger partial charge in [0.1, 0.15) is 22.1 Å². The number of hydrogen-bond donors (Lipinski definition) is 1. The number of nitrogens with zero attached hydrogens (tertiary/aromatic N) is 3. The second-order valence-electron chi connectivity index (χ2n) is 9.60. The molecular formula is C30H25BrF2N4OS. The summed E-state index contributed by atoms with van der Waals surface area (Å²) in [6.45, 7) is -0.00118. The number of hydrogen-bond acceptors (Lipinski definition) is 3. The Kier molecular flexibility index (Phi) is 6.95. The molecule has 0 aliphatic carbocycles. The summed E-state index contributed by atoms with van der Waals surface area (Å²) in [6, 6.07) is 23.0. The Morgan fingerprint density at radius 2 is 1.77 bits per heavy atom. The fourth-order valence-corrected chi connectivity index (χ4v) is 5.86. The van der Waals surface area contributed by atoms with Gasteiger partial charge in [0.25, 0.3) is 0 Å². The molecule has 1 aliphatic rings. The average molecular weight is 608 g/mol. The van der Waals surface area contributed by atoms with Crippen LogP contribution in [0.25, 0.3) is 28.2 Å². The molecule has 5 aromatic rings. The summed E-state index contributed by atoms with van der Waals surface area (Å²) >= 11 is 9.56. The molecule has 5 nitrogen and oxygen atoms in total. The van der Waals surface area contributed by atoms with Crippen LogP contribution in [0.5, 0.6) is 5.75 Å². The lowest BCUT2D eigenvalue weighted by Crippen LogP contribution is -2.15. The van der Waals surface area contributed by atoms with Crippen molar-refractivity contribution in [1.82, 2.24) is 14.2 Å². The first-order valence-electron chi connectivity index (χ1n) is 12.7. The quantitative estimate of drug-likeness (QED) is 0.198. The summed E-state index contributed by atoms with van der Waals surface area (Å²) < 4.78 is 35.4. The van der Waals surface area contributed by atoms with E-state index < -0.39 is 6.61 Å². The van der Waals surface area contributed by atoms with Gasteiger partial charge in [0.2, 0.25) is 0 Å². The first-order valence-corrected chi connectivity index (χ1v) is 13.9. The van der Waals surface area contributed by atoms with Gasteiger partial charge in [0.05, 0.1) is 0 Å². The van der Waals surface area contributed by atoms with Crippen LogP contribution in [-0.2, 0) is 13.0 Å². The van der Waals surface area contributed by atoms with Crippen molar-refractivity contribution in [3.8, 4) is 28.3 Å². The van der Waals surface area contributed by atoms with Gasteiger partial charge >= 0.3 is 6.61 Å². The highest BCUT2D eigenvalue weighted by molar-refractivity contribution is 9.10. The van der Waals surface area contributed by atoms with Crippen LogP contribution in [0.2, 0.25) is 0 Å². The number of rotatable bonds is 6. The largest absolute Gasteiger partial charge is 0.435 e. The highest BCUT2D eigenvalue weighted by atomic mass is 79.9. The number of thiocarbonyl (C=S) groups is 1. The molecule has 1 aliphatic heterocycles. The van der Waals surface area contributed by atoms with Gasteiger partial charge in [-0.1, -0.05) is 64.5 Å². The summed E-state index contributed by atoms with van der Waals surface area (Å²) in [5, 5.41) is 8.54. The number of halogens is 3. The van der Waals surface area contributed by atoms with Crippen molar-refractivity contribution in [2.45, 2.75) is 39.3 Å². The molecule has 3 heterocycles. The third-order valence-corrected chi connectivity index (χ3v) is 7.77. The van der Waals surface area contributed by atoms with Gasteiger partial charge in [-0.15, -0.1) is 5.10 Å². The van der Waals surface area contributed by atoms with Gasteiger partial charge < -0.3 is 14.6 Å². The molecule has 1 N–H and O–H groups in total. The summed E-state index contributed by atoms with van der Waals surface area (Å²) in [5.74, 6) is 0.998. The van der Waals surface area contributed by atoms with Crippen LogP contribution in [0, 0.1) is 6.92 Å². The molecule has 0 bridgehead atoms. The Balaban J connectivity index is 1.56. The number of alkyl halides is 2. The van der Waals surface area contributed by atoms with Crippen LogP contribution < -0.4 is 10.1 Å². The zero-order valence-electron chi connectivity index (χ0n) is 21.1. The smallest absolute Gasteiger partial charge is 0.387 e. The molecular weight excluding hydrogens is 582 g/mol. The second kappa shape index (κ2) is 10.5. The van der Waals surface area contributed by atoms with E-state index in [9.17, 15) is 8.78 Å². The number of ether oxygens (including phenoxy) is 1. The number of anilines is 1. The van der Waals surface area contributed by atoms with Crippen molar-refractivity contribution >= 4 is 44.5 Å². The molecule has 3 aromatic carbocycles. The maximum atomic E-state index is 12.8. The van der Waals surface area contributed by atoms with Crippen LogP contribution in [0.3, 0.4) is 0 Å². The van der Waals surface area contributed by atoms with E-state index in [4.69, 9.17) is 17.3 Å². The lowest BCUT2D eigenvalue weighted by molar-refractivity contribution is -0.0498. The Bertz CT molecular complexity index is 1680. The fourth-order valence-electron chi connectivity index (χ4n) is 5.29. The number of benzene rings is 3. The standard InChI is InChI=1S/C30H25BrF2N4OS/c1-18-5-4-6-22(17-18)34-28(39)26-25(19-10-14-23(15-11-19)38-30(32)33)24-7-2-3-16-36-27(35-37(26)29(24)36)20-8-12-21(31)13-9-20/h4-6,8-15,17,30H,2-3,7,16H2,1H3,(H,34,39). The summed E-state index contributed by atoms with van der Waals surface area (Å²) in [5.41, 5.74) is 7.80. The number of nitrogens with one attached hydrogen (secondary N) is 1. The Morgan fingerprint density at radius 3 is 2.49 bits per heavy atom. The zero-order chi connectivity index (χ0) is 27.1. The van der Waals surface area contributed by atoms with Gasteiger partial charge in [0, 0.05) is 33.4 Å². The van der Waals surface area contributed by atoms with Crippen molar-refractivity contribution in [1.29, 1.82) is 0 Å². The molecule has 0 saturated carbocycles. The van der Waals surface area contributed by atoms with E-state index >= 15 is 0 Å². The summed E-state index contributed by atoms with van der Waals surface area (Å²) in [7, 11) is 0. The van der Waals surface area contributed by atoms with E-state index in [0.29, 0.717) is 4.99 Å². The van der Waals surface area contributed by atoms with Crippen LogP contribution in [-0.4, -0.2) is 25.8 Å². The minimum Gasteiger partial charge on any atom is -0.435 e. The molecule has 198 valence electrons. The normalized spacial score (nSPS) is 13.1. The fraction of sp³-hybridized carbons (Fsp3) is 0.200. The molecule has 0 spiro atoms. The number of aromatic nitrogens is 3. The van der Waals surface area contributed by atoms with Gasteiger partial charge in [-0.3, -0.25) is 0 Å². The van der Waals surface area contributed by atoms with Gasteiger partial charge in [-0.05, 0) is 73.7 Å². The molecule has 0 radical (unpaired) electrons. The van der Waals surface area contributed by atoms with E-state index in [-0.39, 0.29) is 5.75 Å². The molecule has 9 heteroatoms. The first-order chi connectivity index (χ1) is 18.9. The van der Waals surface area contributed by atoms with Crippen LogP contribution >= 0.6 is 28.1 Å². The van der Waals surface area contributed by atoms with Crippen molar-refractivity contribution in [2.75, 3.05) is 5.32 Å². The predicted molar refractivity (Wildman–Crippen MR) is 158 cm³/mol. The first kappa shape index (κ1) is 25.7. The Morgan fingerprint density at radius 1 is 1.03 bits per heavy atom. The Labute approximate surface area is 238 Å². The van der Waals surface area contributed by atoms with Crippen molar-refractivity contribution in [3.05, 3.63) is 94.1 Å². The zero-order valence-corrected chi connectivity index (χ0v) is 23.5. The average Bonchev–Trinajstić information content (AvgIpc) is 3.32. The van der Waals surface area contributed by atoms with E-state index in [2.05, 4.69) is 42.7 Å². The maximum absolute atomic E-state index is 12.8. The molecule has 0 amide bonds. The van der Waals surface area contributed by atoms with Gasteiger partial charge in [0.15, 0.2) is 5.82 Å². The SMILES string of the molecule is Cc1cccc(NC(=S)c2c(-c3ccc(OC(F)F)cc3)c3c4n(c(-c5ccc(Br)cc5)nn24)CCCC3)c1. The van der Waals surface area contributed by atoms with Crippen LogP contribution in [0.1, 0.15) is 29.7 Å².